The Bertz CT molecular complexity index is 105. The van der Waals surface area contributed by atoms with Gasteiger partial charge in [0.05, 0.1) is 0 Å². The van der Waals surface area contributed by atoms with Crippen molar-refractivity contribution in [1.29, 1.82) is 0 Å². The van der Waals surface area contributed by atoms with Crippen LogP contribution in [0.4, 0.5) is 9.59 Å². The first-order valence-corrected chi connectivity index (χ1v) is 1.93. The average molecular weight is 216 g/mol. The van der Waals surface area contributed by atoms with Gasteiger partial charge in [-0.25, -0.2) is 21.3 Å². The van der Waals surface area contributed by atoms with E-state index in [1.165, 1.54) is 10.9 Å². The van der Waals surface area contributed by atoms with E-state index in [1.807, 2.05) is 0 Å². The Kier molecular flexibility index (Phi) is 17.6. The molecule has 0 bridgehead atoms. The van der Waals surface area contributed by atoms with Gasteiger partial charge in [-0.2, -0.15) is 0 Å². The molecule has 11 heavy (non-hydrogen) atoms. The fraction of sp³-hybridized carbons (Fsp3) is 0. The summed E-state index contributed by atoms with van der Waals surface area (Å²) in [6.45, 7) is 0. The van der Waals surface area contributed by atoms with Crippen molar-refractivity contribution in [3.63, 3.8) is 0 Å². The van der Waals surface area contributed by atoms with Crippen molar-refractivity contribution in [3.8, 4) is 0 Å². The van der Waals surface area contributed by atoms with Crippen LogP contribution < -0.4 is 22.5 Å². The maximum absolute atomic E-state index is 9.13. The third kappa shape index (κ3) is 49.3. The number of carboxylic acid groups (broad SMARTS) is 2. The van der Waals surface area contributed by atoms with Crippen LogP contribution in [0.1, 0.15) is 0 Å². The number of hydrogen-bond donors (Lipinski definition) is 6. The second kappa shape index (κ2) is 11.7. The Morgan fingerprint density at radius 3 is 1.09 bits per heavy atom. The van der Waals surface area contributed by atoms with Gasteiger partial charge in [-0.05, 0) is 0 Å². The van der Waals surface area contributed by atoms with Crippen LogP contribution in [0, 0.1) is 0 Å². The minimum absolute atomic E-state index is 0. The first kappa shape index (κ1) is 16.5. The number of hydrogen-bond acceptors (Lipinski definition) is 4. The predicted molar refractivity (Wildman–Crippen MR) is 30.7 cm³/mol. The fourth-order valence-corrected chi connectivity index (χ4v) is 0. The summed E-state index contributed by atoms with van der Waals surface area (Å²) in [5, 5.41) is 15.0. The summed E-state index contributed by atoms with van der Waals surface area (Å²) in [5.41, 5.74) is 2.89. The molecular formula is C2H8CuN4O4. The van der Waals surface area contributed by atoms with Gasteiger partial charge in [0.25, 0.3) is 0 Å². The molecule has 0 unspecified atom stereocenters. The summed E-state index contributed by atoms with van der Waals surface area (Å²) in [4.78, 5) is 18.3. The van der Waals surface area contributed by atoms with Crippen LogP contribution >= 0.6 is 0 Å². The molecule has 0 atom stereocenters. The Morgan fingerprint density at radius 1 is 1.00 bits per heavy atom. The van der Waals surface area contributed by atoms with Crippen molar-refractivity contribution >= 4 is 12.2 Å². The maximum atomic E-state index is 9.13. The quantitative estimate of drug-likeness (QED) is 0.122. The van der Waals surface area contributed by atoms with E-state index in [-0.39, 0.29) is 17.1 Å². The van der Waals surface area contributed by atoms with Gasteiger partial charge in [0.1, 0.15) is 0 Å². The molecule has 0 heterocycles. The maximum Gasteiger partial charge on any atom is 0.418 e. The van der Waals surface area contributed by atoms with Gasteiger partial charge < -0.3 is 10.2 Å². The molecule has 1 radical (unpaired) electrons. The largest absolute Gasteiger partial charge is 0.464 e. The van der Waals surface area contributed by atoms with E-state index in [0.29, 0.717) is 0 Å². The zero-order valence-electron chi connectivity index (χ0n) is 5.17. The molecular weight excluding hydrogens is 208 g/mol. The minimum Gasteiger partial charge on any atom is -0.464 e. The fourth-order valence-electron chi connectivity index (χ4n) is 0. The molecule has 0 aliphatic rings. The van der Waals surface area contributed by atoms with Gasteiger partial charge >= 0.3 is 12.2 Å². The number of amides is 2. The summed E-state index contributed by atoms with van der Waals surface area (Å²) in [6, 6.07) is 0. The second-order valence-corrected chi connectivity index (χ2v) is 0.899. The molecule has 0 aliphatic carbocycles. The molecule has 0 saturated carbocycles. The Morgan fingerprint density at radius 2 is 1.09 bits per heavy atom. The molecule has 0 rings (SSSR count). The zero-order chi connectivity index (χ0) is 8.57. The molecule has 0 saturated heterocycles. The third-order valence-electron chi connectivity index (χ3n) is 0.247. The number of nitrogens with two attached hydrogens (primary N) is 2. The van der Waals surface area contributed by atoms with Gasteiger partial charge in [0, 0.05) is 17.1 Å². The van der Waals surface area contributed by atoms with Crippen molar-refractivity contribution in [2.24, 2.45) is 11.7 Å². The molecule has 0 fully saturated rings. The van der Waals surface area contributed by atoms with E-state index in [0.717, 1.165) is 0 Å². The molecule has 0 aromatic heterocycles. The summed E-state index contributed by atoms with van der Waals surface area (Å²) in [6.07, 6.45) is -2.44. The van der Waals surface area contributed by atoms with Gasteiger partial charge in [0.15, 0.2) is 0 Å². The van der Waals surface area contributed by atoms with Crippen LogP contribution in [-0.2, 0) is 17.1 Å². The van der Waals surface area contributed by atoms with E-state index in [9.17, 15) is 0 Å². The van der Waals surface area contributed by atoms with Crippen LogP contribution in [0.3, 0.4) is 0 Å². The number of rotatable bonds is 0. The molecule has 71 valence electrons. The molecule has 0 aromatic carbocycles. The third-order valence-corrected chi connectivity index (χ3v) is 0.247. The summed E-state index contributed by atoms with van der Waals surface area (Å²) >= 11 is 0. The second-order valence-electron chi connectivity index (χ2n) is 0.899. The van der Waals surface area contributed by atoms with Crippen LogP contribution in [0.5, 0.6) is 0 Å². The van der Waals surface area contributed by atoms with E-state index < -0.39 is 12.2 Å². The normalized spacial score (nSPS) is 6.00. The van der Waals surface area contributed by atoms with Crippen LogP contribution in [-0.4, -0.2) is 22.4 Å². The zero-order valence-corrected chi connectivity index (χ0v) is 6.11. The number of carbonyl (C=O) groups is 2. The number of hydrazine groups is 2. The summed E-state index contributed by atoms with van der Waals surface area (Å²) in [7, 11) is 0. The first-order valence-electron chi connectivity index (χ1n) is 1.93. The van der Waals surface area contributed by atoms with Crippen molar-refractivity contribution in [2.45, 2.75) is 0 Å². The molecule has 8 N–H and O–H groups in total. The summed E-state index contributed by atoms with van der Waals surface area (Å²) < 4.78 is 0. The molecule has 2 amide bonds. The first-order chi connectivity index (χ1) is 4.54. The van der Waals surface area contributed by atoms with Crippen molar-refractivity contribution in [1.82, 2.24) is 10.9 Å². The van der Waals surface area contributed by atoms with Crippen molar-refractivity contribution < 1.29 is 36.9 Å². The SMILES string of the molecule is NNC(=O)O.NNC(=O)O.[Cu]. The molecule has 8 nitrogen and oxygen atoms in total. The topological polar surface area (TPSA) is 151 Å². The minimum atomic E-state index is -1.22. The average Bonchev–Trinajstić information content (AvgIpc) is 1.89. The van der Waals surface area contributed by atoms with Crippen LogP contribution in [0.25, 0.3) is 0 Å². The van der Waals surface area contributed by atoms with E-state index in [4.69, 9.17) is 19.8 Å². The molecule has 0 spiro atoms. The van der Waals surface area contributed by atoms with Crippen LogP contribution in [0.2, 0.25) is 0 Å². The predicted octanol–water partition coefficient (Wildman–Crippen LogP) is -1.75. The van der Waals surface area contributed by atoms with Gasteiger partial charge in [-0.15, -0.1) is 0 Å². The Labute approximate surface area is 72.3 Å². The number of nitrogens with one attached hydrogen (secondary N) is 2. The van der Waals surface area contributed by atoms with Crippen molar-refractivity contribution in [2.75, 3.05) is 0 Å². The van der Waals surface area contributed by atoms with E-state index in [2.05, 4.69) is 11.7 Å². The Balaban J connectivity index is -0.000000107. The van der Waals surface area contributed by atoms with Crippen LogP contribution in [0.15, 0.2) is 0 Å². The van der Waals surface area contributed by atoms with Gasteiger partial charge in [-0.1, -0.05) is 0 Å². The summed E-state index contributed by atoms with van der Waals surface area (Å²) in [5.74, 6) is 8.64. The standard InChI is InChI=1S/2CH4N2O2.Cu/c2*2-3-1(4)5;/h2*3H,2H2,(H,4,5);. The van der Waals surface area contributed by atoms with Gasteiger partial charge in [0.2, 0.25) is 0 Å². The molecule has 9 heteroatoms. The monoisotopic (exact) mass is 215 g/mol. The van der Waals surface area contributed by atoms with E-state index in [1.54, 1.807) is 0 Å². The van der Waals surface area contributed by atoms with Crippen molar-refractivity contribution in [3.05, 3.63) is 0 Å². The molecule has 0 aromatic rings. The Hall–Kier alpha value is -1.02. The molecule has 0 aliphatic heterocycles. The van der Waals surface area contributed by atoms with Gasteiger partial charge in [-0.3, -0.25) is 10.9 Å². The smallest absolute Gasteiger partial charge is 0.418 e. The van der Waals surface area contributed by atoms with E-state index >= 15 is 0 Å².